The van der Waals surface area contributed by atoms with Crippen molar-refractivity contribution >= 4 is 52.7 Å². The first-order chi connectivity index (χ1) is 12.7. The van der Waals surface area contributed by atoms with Gasteiger partial charge < -0.3 is 15.2 Å². The van der Waals surface area contributed by atoms with Crippen LogP contribution in [0.15, 0.2) is 29.3 Å². The second-order valence-corrected chi connectivity index (χ2v) is 8.06. The lowest BCUT2D eigenvalue weighted by Crippen LogP contribution is -2.42. The number of fused-ring (bicyclic) bond motifs is 1. The van der Waals surface area contributed by atoms with Gasteiger partial charge in [-0.1, -0.05) is 12.1 Å². The zero-order valence-electron chi connectivity index (χ0n) is 16.6. The van der Waals surface area contributed by atoms with Gasteiger partial charge in [0.25, 0.3) is 0 Å². The lowest BCUT2D eigenvalue weighted by Gasteiger charge is -2.17. The molecule has 1 aromatic carbocycles. The minimum absolute atomic E-state index is 0. The van der Waals surface area contributed by atoms with E-state index in [0.29, 0.717) is 6.04 Å². The minimum Gasteiger partial charge on any atom is -0.357 e. The van der Waals surface area contributed by atoms with Crippen LogP contribution >= 0.6 is 35.7 Å². The Bertz CT molecular complexity index is 745. The van der Waals surface area contributed by atoms with E-state index in [1.165, 1.54) is 24.8 Å². The summed E-state index contributed by atoms with van der Waals surface area (Å²) in [5.74, 6) is 2.04. The van der Waals surface area contributed by atoms with Gasteiger partial charge in [-0.25, -0.2) is 4.98 Å². The lowest BCUT2D eigenvalue weighted by molar-refractivity contribution is 0.608. The Labute approximate surface area is 184 Å². The van der Waals surface area contributed by atoms with Gasteiger partial charge in [0.1, 0.15) is 5.82 Å². The van der Waals surface area contributed by atoms with Gasteiger partial charge in [0.2, 0.25) is 0 Å². The fourth-order valence-electron chi connectivity index (χ4n) is 3.70. The molecule has 1 aromatic heterocycles. The quantitative estimate of drug-likeness (QED) is 0.259. The Morgan fingerprint density at radius 1 is 1.33 bits per heavy atom. The number of rotatable bonds is 7. The van der Waals surface area contributed by atoms with E-state index in [2.05, 4.69) is 58.5 Å². The number of thioether (sulfide) groups is 1. The summed E-state index contributed by atoms with van der Waals surface area (Å²) in [6, 6.07) is 8.90. The number of para-hydroxylation sites is 2. The summed E-state index contributed by atoms with van der Waals surface area (Å²) in [5.41, 5.74) is 2.29. The molecule has 1 aliphatic carbocycles. The van der Waals surface area contributed by atoms with E-state index < -0.39 is 0 Å². The molecule has 1 saturated carbocycles. The fourth-order valence-corrected chi connectivity index (χ4v) is 4.49. The molecule has 1 heterocycles. The summed E-state index contributed by atoms with van der Waals surface area (Å²) in [6.45, 7) is 6.87. The Kier molecular flexibility index (Phi) is 9.21. The van der Waals surface area contributed by atoms with Crippen molar-refractivity contribution in [1.82, 2.24) is 20.2 Å². The number of aromatic nitrogens is 2. The summed E-state index contributed by atoms with van der Waals surface area (Å²) < 4.78 is 2.30. The Morgan fingerprint density at radius 2 is 2.15 bits per heavy atom. The zero-order chi connectivity index (χ0) is 18.4. The Morgan fingerprint density at radius 3 is 2.89 bits per heavy atom. The van der Waals surface area contributed by atoms with E-state index >= 15 is 0 Å². The number of imidazole rings is 1. The second-order valence-electron chi connectivity index (χ2n) is 6.93. The molecule has 0 spiro atoms. The summed E-state index contributed by atoms with van der Waals surface area (Å²) in [4.78, 5) is 9.43. The molecule has 2 aromatic rings. The van der Waals surface area contributed by atoms with Crippen LogP contribution in [0.4, 0.5) is 0 Å². The predicted molar refractivity (Wildman–Crippen MR) is 129 cm³/mol. The number of benzene rings is 1. The maximum atomic E-state index is 4.79. The molecule has 2 atom stereocenters. The van der Waals surface area contributed by atoms with Crippen molar-refractivity contribution in [3.05, 3.63) is 30.1 Å². The fraction of sp³-hybridized carbons (Fsp3) is 0.600. The van der Waals surface area contributed by atoms with Crippen LogP contribution in [0, 0.1) is 6.92 Å². The number of nitrogens with one attached hydrogen (secondary N) is 2. The van der Waals surface area contributed by atoms with Crippen LogP contribution in [0.2, 0.25) is 0 Å². The number of hydrogen-bond donors (Lipinski definition) is 2. The van der Waals surface area contributed by atoms with Gasteiger partial charge in [0, 0.05) is 30.9 Å². The third-order valence-corrected chi connectivity index (χ3v) is 6.15. The van der Waals surface area contributed by atoms with Gasteiger partial charge in [-0.15, -0.1) is 24.0 Å². The lowest BCUT2D eigenvalue weighted by atomic mass is 10.2. The number of guanidine groups is 1. The number of nitrogens with zero attached hydrogens (tertiary/aromatic N) is 3. The molecule has 150 valence electrons. The molecule has 0 saturated heterocycles. The van der Waals surface area contributed by atoms with E-state index in [-0.39, 0.29) is 24.0 Å². The minimum atomic E-state index is 0. The van der Waals surface area contributed by atoms with Crippen LogP contribution in [0.1, 0.15) is 38.4 Å². The van der Waals surface area contributed by atoms with Crippen molar-refractivity contribution in [2.24, 2.45) is 4.99 Å². The highest BCUT2D eigenvalue weighted by molar-refractivity contribution is 14.0. The van der Waals surface area contributed by atoms with E-state index in [0.717, 1.165) is 48.6 Å². The average molecular weight is 501 g/mol. The van der Waals surface area contributed by atoms with Gasteiger partial charge in [-0.2, -0.15) is 11.8 Å². The van der Waals surface area contributed by atoms with E-state index in [1.54, 1.807) is 0 Å². The van der Waals surface area contributed by atoms with Gasteiger partial charge >= 0.3 is 0 Å². The molecular formula is C20H32IN5S. The first-order valence-electron chi connectivity index (χ1n) is 9.70. The first kappa shape index (κ1) is 22.3. The van der Waals surface area contributed by atoms with Gasteiger partial charge in [0.05, 0.1) is 11.0 Å². The van der Waals surface area contributed by atoms with Crippen molar-refractivity contribution < 1.29 is 0 Å². The highest BCUT2D eigenvalue weighted by atomic mass is 127. The predicted octanol–water partition coefficient (Wildman–Crippen LogP) is 4.19. The van der Waals surface area contributed by atoms with E-state index in [4.69, 9.17) is 4.99 Å². The monoisotopic (exact) mass is 501 g/mol. The molecule has 7 heteroatoms. The van der Waals surface area contributed by atoms with Crippen LogP contribution in [-0.2, 0) is 6.54 Å². The SMILES string of the molecule is CCNC(=NCCCn1c(C)nc2ccccc21)NC1CCC(SC)C1.I. The molecule has 0 amide bonds. The van der Waals surface area contributed by atoms with Crippen molar-refractivity contribution in [2.75, 3.05) is 19.3 Å². The van der Waals surface area contributed by atoms with Gasteiger partial charge in [-0.05, 0) is 57.9 Å². The van der Waals surface area contributed by atoms with Crippen LogP contribution in [0.25, 0.3) is 11.0 Å². The summed E-state index contributed by atoms with van der Waals surface area (Å²) in [7, 11) is 0. The van der Waals surface area contributed by atoms with Crippen LogP contribution in [0.5, 0.6) is 0 Å². The van der Waals surface area contributed by atoms with Gasteiger partial charge in [-0.3, -0.25) is 4.99 Å². The topological polar surface area (TPSA) is 54.2 Å². The average Bonchev–Trinajstić information content (AvgIpc) is 3.22. The number of aliphatic imine (C=N–C) groups is 1. The van der Waals surface area contributed by atoms with Crippen molar-refractivity contribution in [3.8, 4) is 0 Å². The molecule has 2 unspecified atom stereocenters. The maximum Gasteiger partial charge on any atom is 0.191 e. The summed E-state index contributed by atoms with van der Waals surface area (Å²) in [6.07, 6.45) is 7.02. The summed E-state index contributed by atoms with van der Waals surface area (Å²) in [5, 5.41) is 7.81. The van der Waals surface area contributed by atoms with Crippen molar-refractivity contribution in [3.63, 3.8) is 0 Å². The second kappa shape index (κ2) is 11.1. The highest BCUT2D eigenvalue weighted by Gasteiger charge is 2.24. The molecule has 27 heavy (non-hydrogen) atoms. The highest BCUT2D eigenvalue weighted by Crippen LogP contribution is 2.28. The summed E-state index contributed by atoms with van der Waals surface area (Å²) >= 11 is 1.99. The normalized spacial score (nSPS) is 19.9. The van der Waals surface area contributed by atoms with E-state index in [9.17, 15) is 0 Å². The molecule has 0 radical (unpaired) electrons. The number of hydrogen-bond acceptors (Lipinski definition) is 3. The smallest absolute Gasteiger partial charge is 0.191 e. The first-order valence-corrected chi connectivity index (χ1v) is 11.0. The van der Waals surface area contributed by atoms with Crippen molar-refractivity contribution in [1.29, 1.82) is 0 Å². The molecule has 1 fully saturated rings. The standard InChI is InChI=1S/C20H31N5S.HI/c1-4-21-20(24-16-10-11-17(14-16)26-3)22-12-7-13-25-15(2)23-18-8-5-6-9-19(18)25;/h5-6,8-9,16-17H,4,7,10-14H2,1-3H3,(H2,21,22,24);1H. The molecule has 1 aliphatic rings. The number of aryl methyl sites for hydroxylation is 2. The molecule has 3 rings (SSSR count). The third-order valence-electron chi connectivity index (χ3n) is 5.06. The van der Waals surface area contributed by atoms with Gasteiger partial charge in [0.15, 0.2) is 5.96 Å². The van der Waals surface area contributed by atoms with Crippen LogP contribution < -0.4 is 10.6 Å². The maximum absolute atomic E-state index is 4.79. The molecule has 2 N–H and O–H groups in total. The zero-order valence-corrected chi connectivity index (χ0v) is 19.7. The van der Waals surface area contributed by atoms with Crippen LogP contribution in [-0.4, -0.2) is 46.1 Å². The Hall–Kier alpha value is -0.960. The van der Waals surface area contributed by atoms with E-state index in [1.807, 2.05) is 17.8 Å². The molecule has 5 nitrogen and oxygen atoms in total. The van der Waals surface area contributed by atoms with Crippen LogP contribution in [0.3, 0.4) is 0 Å². The largest absolute Gasteiger partial charge is 0.357 e. The molecule has 0 bridgehead atoms. The third kappa shape index (κ3) is 6.01. The Balaban J connectivity index is 0.00000261. The van der Waals surface area contributed by atoms with Crippen molar-refractivity contribution in [2.45, 2.75) is 57.4 Å². The molecule has 0 aliphatic heterocycles. The molecular weight excluding hydrogens is 469 g/mol. The number of halogens is 1.